The van der Waals surface area contributed by atoms with Crippen molar-refractivity contribution in [3.05, 3.63) is 35.4 Å². The van der Waals surface area contributed by atoms with Crippen molar-refractivity contribution in [1.82, 2.24) is 4.90 Å². The summed E-state index contributed by atoms with van der Waals surface area (Å²) in [5.41, 5.74) is 0.411. The zero-order valence-corrected chi connectivity index (χ0v) is 10.3. The Morgan fingerprint density at radius 1 is 1.16 bits per heavy atom. The fourth-order valence-electron chi connectivity index (χ4n) is 2.17. The quantitative estimate of drug-likeness (QED) is 0.911. The van der Waals surface area contributed by atoms with Crippen LogP contribution in [-0.2, 0) is 9.53 Å². The van der Waals surface area contributed by atoms with Gasteiger partial charge in [-0.2, -0.15) is 0 Å². The van der Waals surface area contributed by atoms with E-state index in [1.54, 1.807) is 4.90 Å². The van der Waals surface area contributed by atoms with Crippen LogP contribution in [0, 0.1) is 0 Å². The molecule has 1 unspecified atom stereocenters. The second-order valence-electron chi connectivity index (χ2n) is 4.36. The van der Waals surface area contributed by atoms with E-state index in [-0.39, 0.29) is 5.56 Å². The number of carbonyl (C=O) groups is 1. The van der Waals surface area contributed by atoms with Gasteiger partial charge in [-0.3, -0.25) is 9.69 Å². The predicted molar refractivity (Wildman–Crippen MR) is 64.2 cm³/mol. The molecule has 4 nitrogen and oxygen atoms in total. The Balaban J connectivity index is 2.20. The molecule has 2 rings (SSSR count). The number of alkyl halides is 2. The van der Waals surface area contributed by atoms with Gasteiger partial charge in [-0.05, 0) is 5.56 Å². The molecule has 0 spiro atoms. The summed E-state index contributed by atoms with van der Waals surface area (Å²) < 4.78 is 30.1. The third-order valence-electron chi connectivity index (χ3n) is 3.15. The Bertz CT molecular complexity index is 430. The molecular weight excluding hydrogens is 256 g/mol. The smallest absolute Gasteiger partial charge is 0.325 e. The van der Waals surface area contributed by atoms with Crippen LogP contribution in [-0.4, -0.2) is 42.3 Å². The Morgan fingerprint density at radius 3 is 2.16 bits per heavy atom. The first-order chi connectivity index (χ1) is 9.09. The molecule has 0 bridgehead atoms. The third kappa shape index (κ3) is 3.27. The maximum Gasteiger partial charge on any atom is 0.325 e. The van der Waals surface area contributed by atoms with Gasteiger partial charge < -0.3 is 9.84 Å². The number of hydrogen-bond donors (Lipinski definition) is 1. The van der Waals surface area contributed by atoms with E-state index in [9.17, 15) is 18.7 Å². The first kappa shape index (κ1) is 13.9. The van der Waals surface area contributed by atoms with E-state index in [1.165, 1.54) is 24.3 Å². The number of carboxylic acids is 1. The molecule has 1 aliphatic rings. The van der Waals surface area contributed by atoms with Crippen LogP contribution in [0.3, 0.4) is 0 Å². The summed E-state index contributed by atoms with van der Waals surface area (Å²) in [7, 11) is 0. The van der Waals surface area contributed by atoms with Crippen molar-refractivity contribution in [3.8, 4) is 0 Å². The fraction of sp³-hybridized carbons (Fsp3) is 0.462. The van der Waals surface area contributed by atoms with Crippen LogP contribution in [0.25, 0.3) is 0 Å². The lowest BCUT2D eigenvalue weighted by molar-refractivity contribution is -0.145. The number of nitrogens with zero attached hydrogens (tertiary/aromatic N) is 1. The molecule has 1 aromatic carbocycles. The molecule has 0 saturated carbocycles. The molecule has 1 N–H and O–H groups in total. The number of benzene rings is 1. The van der Waals surface area contributed by atoms with E-state index in [1.807, 2.05) is 0 Å². The Morgan fingerprint density at radius 2 is 1.68 bits per heavy atom. The Labute approximate surface area is 109 Å². The highest BCUT2D eigenvalue weighted by Crippen LogP contribution is 2.25. The van der Waals surface area contributed by atoms with Gasteiger partial charge >= 0.3 is 5.97 Å². The van der Waals surface area contributed by atoms with Gasteiger partial charge in [-0.15, -0.1) is 0 Å². The standard InChI is InChI=1S/C13H15F2NO3/c14-12(15)10-3-1-9(2-4-10)11(13(17)18)16-5-7-19-8-6-16/h1-4,11-12H,5-8H2,(H,17,18). The highest BCUT2D eigenvalue weighted by atomic mass is 19.3. The van der Waals surface area contributed by atoms with Crippen molar-refractivity contribution in [1.29, 1.82) is 0 Å². The molecule has 0 aromatic heterocycles. The van der Waals surface area contributed by atoms with Gasteiger partial charge in [0.05, 0.1) is 13.2 Å². The number of aliphatic carboxylic acids is 1. The summed E-state index contributed by atoms with van der Waals surface area (Å²) in [6.45, 7) is 2.01. The van der Waals surface area contributed by atoms with Gasteiger partial charge in [-0.25, -0.2) is 8.78 Å². The van der Waals surface area contributed by atoms with Gasteiger partial charge in [0.25, 0.3) is 6.43 Å². The van der Waals surface area contributed by atoms with E-state index in [4.69, 9.17) is 4.74 Å². The molecule has 1 atom stereocenters. The van der Waals surface area contributed by atoms with E-state index < -0.39 is 18.4 Å². The lowest BCUT2D eigenvalue weighted by Crippen LogP contribution is -2.42. The highest BCUT2D eigenvalue weighted by Gasteiger charge is 2.28. The molecule has 1 fully saturated rings. The van der Waals surface area contributed by atoms with Crippen LogP contribution in [0.1, 0.15) is 23.6 Å². The van der Waals surface area contributed by atoms with Gasteiger partial charge in [0.15, 0.2) is 0 Å². The fourth-order valence-corrected chi connectivity index (χ4v) is 2.17. The van der Waals surface area contributed by atoms with Crippen molar-refractivity contribution in [2.45, 2.75) is 12.5 Å². The molecule has 104 valence electrons. The summed E-state index contributed by atoms with van der Waals surface area (Å²) in [5.74, 6) is -0.980. The molecule has 1 saturated heterocycles. The van der Waals surface area contributed by atoms with Gasteiger partial charge in [0.2, 0.25) is 0 Å². The summed E-state index contributed by atoms with van der Waals surface area (Å²) >= 11 is 0. The number of ether oxygens (including phenoxy) is 1. The zero-order chi connectivity index (χ0) is 13.8. The number of morpholine rings is 1. The van der Waals surface area contributed by atoms with Crippen molar-refractivity contribution >= 4 is 5.97 Å². The maximum absolute atomic E-state index is 12.5. The summed E-state index contributed by atoms with van der Waals surface area (Å²) in [6.07, 6.45) is -2.54. The molecular formula is C13H15F2NO3. The van der Waals surface area contributed by atoms with Crippen molar-refractivity contribution in [2.24, 2.45) is 0 Å². The van der Waals surface area contributed by atoms with Crippen LogP contribution in [0.5, 0.6) is 0 Å². The van der Waals surface area contributed by atoms with E-state index in [0.29, 0.717) is 31.9 Å². The molecule has 19 heavy (non-hydrogen) atoms. The predicted octanol–water partition coefficient (Wildman–Crippen LogP) is 2.08. The van der Waals surface area contributed by atoms with E-state index in [0.717, 1.165) is 0 Å². The average Bonchev–Trinajstić information content (AvgIpc) is 2.40. The molecule has 6 heteroatoms. The topological polar surface area (TPSA) is 49.8 Å². The molecule has 1 aliphatic heterocycles. The lowest BCUT2D eigenvalue weighted by atomic mass is 10.0. The second-order valence-corrected chi connectivity index (χ2v) is 4.36. The Kier molecular flexibility index (Phi) is 4.44. The SMILES string of the molecule is O=C(O)C(c1ccc(C(F)F)cc1)N1CCOCC1. The second kappa shape index (κ2) is 6.08. The van der Waals surface area contributed by atoms with Crippen molar-refractivity contribution in [2.75, 3.05) is 26.3 Å². The minimum atomic E-state index is -2.54. The average molecular weight is 271 g/mol. The maximum atomic E-state index is 12.5. The number of carboxylic acid groups (broad SMARTS) is 1. The number of rotatable bonds is 4. The zero-order valence-electron chi connectivity index (χ0n) is 10.3. The van der Waals surface area contributed by atoms with Gasteiger partial charge in [0, 0.05) is 18.7 Å². The minimum absolute atomic E-state index is 0.102. The third-order valence-corrected chi connectivity index (χ3v) is 3.15. The van der Waals surface area contributed by atoms with Crippen LogP contribution >= 0.6 is 0 Å². The van der Waals surface area contributed by atoms with Crippen molar-refractivity contribution in [3.63, 3.8) is 0 Å². The molecule has 0 amide bonds. The van der Waals surface area contributed by atoms with Crippen LogP contribution in [0.15, 0.2) is 24.3 Å². The van der Waals surface area contributed by atoms with Crippen LogP contribution < -0.4 is 0 Å². The first-order valence-corrected chi connectivity index (χ1v) is 6.02. The monoisotopic (exact) mass is 271 g/mol. The number of hydrogen-bond acceptors (Lipinski definition) is 3. The van der Waals surface area contributed by atoms with Gasteiger partial charge in [0.1, 0.15) is 6.04 Å². The van der Waals surface area contributed by atoms with E-state index >= 15 is 0 Å². The molecule has 1 heterocycles. The summed E-state index contributed by atoms with van der Waals surface area (Å²) in [5, 5.41) is 9.33. The van der Waals surface area contributed by atoms with E-state index in [2.05, 4.69) is 0 Å². The largest absolute Gasteiger partial charge is 0.480 e. The minimum Gasteiger partial charge on any atom is -0.480 e. The molecule has 0 radical (unpaired) electrons. The first-order valence-electron chi connectivity index (χ1n) is 6.02. The molecule has 1 aromatic rings. The summed E-state index contributed by atoms with van der Waals surface area (Å²) in [4.78, 5) is 13.2. The summed E-state index contributed by atoms with van der Waals surface area (Å²) in [6, 6.07) is 4.65. The van der Waals surface area contributed by atoms with Crippen LogP contribution in [0.2, 0.25) is 0 Å². The highest BCUT2D eigenvalue weighted by molar-refractivity contribution is 5.75. The lowest BCUT2D eigenvalue weighted by Gasteiger charge is -2.32. The van der Waals surface area contributed by atoms with Crippen LogP contribution in [0.4, 0.5) is 8.78 Å². The van der Waals surface area contributed by atoms with Gasteiger partial charge in [-0.1, -0.05) is 24.3 Å². The normalized spacial score (nSPS) is 18.5. The number of halogens is 2. The Hall–Kier alpha value is -1.53. The van der Waals surface area contributed by atoms with Crippen molar-refractivity contribution < 1.29 is 23.4 Å². The molecule has 0 aliphatic carbocycles.